The second kappa shape index (κ2) is 4.33. The summed E-state index contributed by atoms with van der Waals surface area (Å²) in [6.45, 7) is 0. The van der Waals surface area contributed by atoms with Gasteiger partial charge in [0.2, 0.25) is 5.95 Å². The quantitative estimate of drug-likeness (QED) is 0.899. The number of alkyl halides is 3. The van der Waals surface area contributed by atoms with Crippen LogP contribution in [0.5, 0.6) is 0 Å². The summed E-state index contributed by atoms with van der Waals surface area (Å²) in [6.07, 6.45) is -4.47. The summed E-state index contributed by atoms with van der Waals surface area (Å²) in [6, 6.07) is 2.66. The zero-order valence-electron chi connectivity index (χ0n) is 8.75. The van der Waals surface area contributed by atoms with E-state index in [1.54, 1.807) is 16.8 Å². The van der Waals surface area contributed by atoms with E-state index in [4.69, 9.17) is 0 Å². The molecule has 2 rings (SSSR count). The zero-order chi connectivity index (χ0) is 12.5. The number of thiophene rings is 1. The lowest BCUT2D eigenvalue weighted by molar-refractivity contribution is -0.141. The van der Waals surface area contributed by atoms with Gasteiger partial charge in [-0.25, -0.2) is 9.97 Å². The third-order valence-corrected chi connectivity index (χ3v) is 2.74. The Balaban J connectivity index is 2.54. The molecule has 0 saturated carbocycles. The van der Waals surface area contributed by atoms with E-state index in [0.29, 0.717) is 5.56 Å². The van der Waals surface area contributed by atoms with E-state index in [1.807, 2.05) is 0 Å². The zero-order valence-corrected chi connectivity index (χ0v) is 9.56. The van der Waals surface area contributed by atoms with Crippen LogP contribution < -0.4 is 5.32 Å². The number of anilines is 1. The van der Waals surface area contributed by atoms with Crippen molar-refractivity contribution in [2.45, 2.75) is 6.18 Å². The molecule has 0 amide bonds. The fourth-order valence-electron chi connectivity index (χ4n) is 1.26. The van der Waals surface area contributed by atoms with Crippen molar-refractivity contribution in [3.05, 3.63) is 28.6 Å². The minimum Gasteiger partial charge on any atom is -0.357 e. The molecule has 90 valence electrons. The van der Waals surface area contributed by atoms with Crippen LogP contribution in [-0.4, -0.2) is 17.0 Å². The molecule has 17 heavy (non-hydrogen) atoms. The van der Waals surface area contributed by atoms with Gasteiger partial charge in [0.25, 0.3) is 0 Å². The number of nitrogens with zero attached hydrogens (tertiary/aromatic N) is 2. The van der Waals surface area contributed by atoms with Crippen molar-refractivity contribution >= 4 is 17.3 Å². The Morgan fingerprint density at radius 3 is 2.59 bits per heavy atom. The molecule has 0 atom stereocenters. The maximum atomic E-state index is 12.6. The molecule has 2 heterocycles. The first-order valence-corrected chi connectivity index (χ1v) is 5.61. The summed E-state index contributed by atoms with van der Waals surface area (Å²) in [5, 5.41) is 6.04. The lowest BCUT2D eigenvalue weighted by atomic mass is 10.2. The van der Waals surface area contributed by atoms with Gasteiger partial charge >= 0.3 is 6.18 Å². The summed E-state index contributed by atoms with van der Waals surface area (Å²) >= 11 is 1.40. The van der Waals surface area contributed by atoms with Crippen molar-refractivity contribution in [2.75, 3.05) is 12.4 Å². The van der Waals surface area contributed by atoms with Gasteiger partial charge in [-0.05, 0) is 17.5 Å². The van der Waals surface area contributed by atoms with E-state index in [1.165, 1.54) is 18.4 Å². The number of hydrogen-bond donors (Lipinski definition) is 1. The minimum absolute atomic E-state index is 0.0407. The van der Waals surface area contributed by atoms with Crippen LogP contribution in [-0.2, 0) is 6.18 Å². The fraction of sp³-hybridized carbons (Fsp3) is 0.200. The Morgan fingerprint density at radius 1 is 1.29 bits per heavy atom. The largest absolute Gasteiger partial charge is 0.433 e. The van der Waals surface area contributed by atoms with Crippen LogP contribution in [0.4, 0.5) is 19.1 Å². The molecular weight excluding hydrogens is 251 g/mol. The van der Waals surface area contributed by atoms with Gasteiger partial charge < -0.3 is 5.32 Å². The molecule has 7 heteroatoms. The first-order valence-electron chi connectivity index (χ1n) is 4.67. The van der Waals surface area contributed by atoms with E-state index in [-0.39, 0.29) is 11.6 Å². The molecular formula is C10H8F3N3S. The van der Waals surface area contributed by atoms with Crippen LogP contribution >= 0.6 is 11.3 Å². The van der Waals surface area contributed by atoms with Crippen molar-refractivity contribution in [1.82, 2.24) is 9.97 Å². The van der Waals surface area contributed by atoms with Crippen LogP contribution in [0.25, 0.3) is 11.3 Å². The first-order chi connectivity index (χ1) is 8.00. The monoisotopic (exact) mass is 259 g/mol. The third-order valence-electron chi connectivity index (χ3n) is 2.06. The highest BCUT2D eigenvalue weighted by molar-refractivity contribution is 7.08. The van der Waals surface area contributed by atoms with Crippen molar-refractivity contribution in [1.29, 1.82) is 0 Å². The molecule has 0 bridgehead atoms. The predicted octanol–water partition coefficient (Wildman–Crippen LogP) is 3.27. The second-order valence-corrected chi connectivity index (χ2v) is 4.00. The molecule has 0 spiro atoms. The number of rotatable bonds is 2. The van der Waals surface area contributed by atoms with Crippen molar-refractivity contribution in [3.63, 3.8) is 0 Å². The number of hydrogen-bond acceptors (Lipinski definition) is 4. The SMILES string of the molecule is CNc1nc(-c2ccsc2)cc(C(F)(F)F)n1. The van der Waals surface area contributed by atoms with Crippen LogP contribution in [0.1, 0.15) is 5.69 Å². The number of nitrogens with one attached hydrogen (secondary N) is 1. The van der Waals surface area contributed by atoms with E-state index < -0.39 is 11.9 Å². The molecule has 0 unspecified atom stereocenters. The Bertz CT molecular complexity index is 508. The highest BCUT2D eigenvalue weighted by atomic mass is 32.1. The molecule has 1 N–H and O–H groups in total. The van der Waals surface area contributed by atoms with Crippen molar-refractivity contribution in [3.8, 4) is 11.3 Å². The Hall–Kier alpha value is -1.63. The lowest BCUT2D eigenvalue weighted by Crippen LogP contribution is -2.11. The van der Waals surface area contributed by atoms with E-state index >= 15 is 0 Å². The van der Waals surface area contributed by atoms with Gasteiger partial charge in [0.15, 0.2) is 5.69 Å². The average molecular weight is 259 g/mol. The summed E-state index contributed by atoms with van der Waals surface area (Å²) < 4.78 is 37.8. The highest BCUT2D eigenvalue weighted by Gasteiger charge is 2.33. The maximum absolute atomic E-state index is 12.6. The fourth-order valence-corrected chi connectivity index (χ4v) is 1.91. The number of aromatic nitrogens is 2. The Labute approximate surface area is 99.3 Å². The standard InChI is InChI=1S/C10H8F3N3S/c1-14-9-15-7(6-2-3-17-5-6)4-8(16-9)10(11,12)13/h2-5H,1H3,(H,14,15,16). The summed E-state index contributed by atoms with van der Waals surface area (Å²) in [7, 11) is 1.48. The molecule has 0 saturated heterocycles. The summed E-state index contributed by atoms with van der Waals surface area (Å²) in [4.78, 5) is 7.38. The normalized spacial score (nSPS) is 11.5. The number of halogens is 3. The molecule has 0 aliphatic carbocycles. The Morgan fingerprint density at radius 2 is 2.06 bits per heavy atom. The smallest absolute Gasteiger partial charge is 0.357 e. The lowest BCUT2D eigenvalue weighted by Gasteiger charge is -2.09. The minimum atomic E-state index is -4.47. The van der Waals surface area contributed by atoms with Gasteiger partial charge in [-0.15, -0.1) is 0 Å². The molecule has 3 nitrogen and oxygen atoms in total. The van der Waals surface area contributed by atoms with Gasteiger partial charge in [0, 0.05) is 18.0 Å². The summed E-state index contributed by atoms with van der Waals surface area (Å²) in [5.41, 5.74) is -0.0321. The highest BCUT2D eigenvalue weighted by Crippen LogP contribution is 2.31. The van der Waals surface area contributed by atoms with E-state index in [9.17, 15) is 13.2 Å². The van der Waals surface area contributed by atoms with Gasteiger partial charge in [-0.3, -0.25) is 0 Å². The second-order valence-electron chi connectivity index (χ2n) is 3.22. The molecule has 0 aliphatic heterocycles. The third kappa shape index (κ3) is 2.55. The van der Waals surface area contributed by atoms with Gasteiger partial charge in [-0.1, -0.05) is 0 Å². The maximum Gasteiger partial charge on any atom is 0.433 e. The van der Waals surface area contributed by atoms with Crippen LogP contribution in [0.3, 0.4) is 0 Å². The van der Waals surface area contributed by atoms with Crippen molar-refractivity contribution in [2.24, 2.45) is 0 Å². The molecule has 0 aliphatic rings. The molecule has 2 aromatic rings. The molecule has 0 aromatic carbocycles. The first kappa shape index (κ1) is 11.8. The van der Waals surface area contributed by atoms with Crippen LogP contribution in [0.15, 0.2) is 22.9 Å². The van der Waals surface area contributed by atoms with E-state index in [0.717, 1.165) is 6.07 Å². The molecule has 2 aromatic heterocycles. The molecule has 0 fully saturated rings. The van der Waals surface area contributed by atoms with E-state index in [2.05, 4.69) is 15.3 Å². The molecule has 0 radical (unpaired) electrons. The summed E-state index contributed by atoms with van der Waals surface area (Å²) in [5.74, 6) is -0.0407. The predicted molar refractivity (Wildman–Crippen MR) is 59.9 cm³/mol. The van der Waals surface area contributed by atoms with Crippen LogP contribution in [0.2, 0.25) is 0 Å². The topological polar surface area (TPSA) is 37.8 Å². The van der Waals surface area contributed by atoms with Crippen LogP contribution in [0, 0.1) is 0 Å². The van der Waals surface area contributed by atoms with Gasteiger partial charge in [0.1, 0.15) is 0 Å². The van der Waals surface area contributed by atoms with Gasteiger partial charge in [-0.2, -0.15) is 24.5 Å². The van der Waals surface area contributed by atoms with Crippen molar-refractivity contribution < 1.29 is 13.2 Å². The average Bonchev–Trinajstić information content (AvgIpc) is 2.80. The Kier molecular flexibility index (Phi) is 3.01. The van der Waals surface area contributed by atoms with Gasteiger partial charge in [0.05, 0.1) is 5.69 Å².